The average molecular weight is 406 g/mol. The number of aromatic nitrogens is 2. The standard InChI is InChI=1S/C23H20ClN3O2/c1-14-13-17(24)9-12-21(14)29-15(2)23(28)25-18-10-7-16(8-11-18)22-26-19-5-3-4-6-20(19)27-22/h3-13,15H,1-2H3,(H,25,28)(H,26,27). The van der Waals surface area contributed by atoms with E-state index in [-0.39, 0.29) is 5.91 Å². The Morgan fingerprint density at radius 2 is 1.86 bits per heavy atom. The lowest BCUT2D eigenvalue weighted by Gasteiger charge is -2.16. The summed E-state index contributed by atoms with van der Waals surface area (Å²) in [5, 5.41) is 3.51. The maximum Gasteiger partial charge on any atom is 0.265 e. The fraction of sp³-hybridized carbons (Fsp3) is 0.130. The van der Waals surface area contributed by atoms with Crippen molar-refractivity contribution < 1.29 is 9.53 Å². The summed E-state index contributed by atoms with van der Waals surface area (Å²) >= 11 is 5.96. The number of amides is 1. The quantitative estimate of drug-likeness (QED) is 0.454. The van der Waals surface area contributed by atoms with Gasteiger partial charge in [0.1, 0.15) is 11.6 Å². The van der Waals surface area contributed by atoms with Crippen LogP contribution in [0.1, 0.15) is 12.5 Å². The highest BCUT2D eigenvalue weighted by molar-refractivity contribution is 6.30. The summed E-state index contributed by atoms with van der Waals surface area (Å²) in [5.41, 5.74) is 4.43. The van der Waals surface area contributed by atoms with Gasteiger partial charge in [-0.2, -0.15) is 0 Å². The van der Waals surface area contributed by atoms with Gasteiger partial charge in [0.15, 0.2) is 6.10 Å². The molecule has 4 rings (SSSR count). The van der Waals surface area contributed by atoms with E-state index in [2.05, 4.69) is 15.3 Å². The third-order valence-electron chi connectivity index (χ3n) is 4.63. The number of anilines is 1. The molecule has 3 aromatic carbocycles. The molecule has 0 aliphatic heterocycles. The van der Waals surface area contributed by atoms with Crippen molar-refractivity contribution in [1.82, 2.24) is 9.97 Å². The fourth-order valence-electron chi connectivity index (χ4n) is 3.03. The van der Waals surface area contributed by atoms with Crippen LogP contribution in [0.3, 0.4) is 0 Å². The molecule has 6 heteroatoms. The van der Waals surface area contributed by atoms with Gasteiger partial charge in [-0.1, -0.05) is 23.7 Å². The van der Waals surface area contributed by atoms with Crippen LogP contribution in [-0.4, -0.2) is 22.0 Å². The molecule has 1 amide bonds. The molecule has 146 valence electrons. The van der Waals surface area contributed by atoms with Crippen LogP contribution in [0.4, 0.5) is 5.69 Å². The van der Waals surface area contributed by atoms with Gasteiger partial charge in [-0.25, -0.2) is 4.98 Å². The van der Waals surface area contributed by atoms with E-state index in [0.29, 0.717) is 16.5 Å². The van der Waals surface area contributed by atoms with Gasteiger partial charge in [-0.3, -0.25) is 4.79 Å². The van der Waals surface area contributed by atoms with Gasteiger partial charge in [-0.15, -0.1) is 0 Å². The van der Waals surface area contributed by atoms with Gasteiger partial charge >= 0.3 is 0 Å². The molecule has 0 bridgehead atoms. The Balaban J connectivity index is 1.43. The molecule has 0 spiro atoms. The number of carbonyl (C=O) groups is 1. The molecule has 4 aromatic rings. The molecule has 0 saturated heterocycles. The molecule has 0 aliphatic carbocycles. The van der Waals surface area contributed by atoms with Crippen molar-refractivity contribution in [2.24, 2.45) is 0 Å². The summed E-state index contributed by atoms with van der Waals surface area (Å²) in [6.45, 7) is 3.61. The highest BCUT2D eigenvalue weighted by Crippen LogP contribution is 2.24. The third-order valence-corrected chi connectivity index (χ3v) is 4.86. The number of hydrogen-bond acceptors (Lipinski definition) is 3. The van der Waals surface area contributed by atoms with Crippen LogP contribution in [0, 0.1) is 6.92 Å². The zero-order chi connectivity index (χ0) is 20.4. The van der Waals surface area contributed by atoms with E-state index in [9.17, 15) is 4.79 Å². The van der Waals surface area contributed by atoms with Crippen molar-refractivity contribution in [1.29, 1.82) is 0 Å². The zero-order valence-corrected chi connectivity index (χ0v) is 16.8. The molecule has 1 aromatic heterocycles. The van der Waals surface area contributed by atoms with Crippen LogP contribution < -0.4 is 10.1 Å². The SMILES string of the molecule is Cc1cc(Cl)ccc1OC(C)C(=O)Nc1ccc(-c2nc3ccccc3[nH]2)cc1. The first-order chi connectivity index (χ1) is 14.0. The summed E-state index contributed by atoms with van der Waals surface area (Å²) in [5.74, 6) is 1.20. The number of rotatable bonds is 5. The lowest BCUT2D eigenvalue weighted by atomic mass is 10.2. The highest BCUT2D eigenvalue weighted by atomic mass is 35.5. The van der Waals surface area contributed by atoms with Crippen molar-refractivity contribution in [2.45, 2.75) is 20.0 Å². The van der Waals surface area contributed by atoms with E-state index >= 15 is 0 Å². The van der Waals surface area contributed by atoms with Crippen molar-refractivity contribution in [3.8, 4) is 17.1 Å². The maximum absolute atomic E-state index is 12.5. The van der Waals surface area contributed by atoms with E-state index in [1.807, 2.05) is 55.5 Å². The van der Waals surface area contributed by atoms with Crippen molar-refractivity contribution >= 4 is 34.2 Å². The number of imidazole rings is 1. The van der Waals surface area contributed by atoms with Crippen LogP contribution in [0.25, 0.3) is 22.4 Å². The number of halogens is 1. The Labute approximate surface area is 173 Å². The second-order valence-corrected chi connectivity index (χ2v) is 7.28. The number of para-hydroxylation sites is 2. The summed E-state index contributed by atoms with van der Waals surface area (Å²) in [6, 6.07) is 20.7. The predicted octanol–water partition coefficient (Wildman–Crippen LogP) is 5.60. The van der Waals surface area contributed by atoms with Gasteiger partial charge in [0, 0.05) is 16.3 Å². The minimum atomic E-state index is -0.648. The monoisotopic (exact) mass is 405 g/mol. The van der Waals surface area contributed by atoms with Crippen LogP contribution in [0.5, 0.6) is 5.75 Å². The molecule has 0 aliphatic rings. The lowest BCUT2D eigenvalue weighted by molar-refractivity contribution is -0.122. The lowest BCUT2D eigenvalue weighted by Crippen LogP contribution is -2.30. The Kier molecular flexibility index (Phi) is 5.23. The third kappa shape index (κ3) is 4.25. The molecule has 2 N–H and O–H groups in total. The molecule has 1 heterocycles. The second kappa shape index (κ2) is 7.97. The smallest absolute Gasteiger partial charge is 0.265 e. The number of benzene rings is 3. The number of hydrogen-bond donors (Lipinski definition) is 2. The van der Waals surface area contributed by atoms with Crippen molar-refractivity contribution in [2.75, 3.05) is 5.32 Å². The number of nitrogens with one attached hydrogen (secondary N) is 2. The van der Waals surface area contributed by atoms with E-state index in [0.717, 1.165) is 28.0 Å². The molecule has 0 saturated carbocycles. The van der Waals surface area contributed by atoms with Gasteiger partial charge in [0.2, 0.25) is 0 Å². The Hall–Kier alpha value is -3.31. The molecular weight excluding hydrogens is 386 g/mol. The van der Waals surface area contributed by atoms with E-state index in [1.54, 1.807) is 25.1 Å². The number of H-pyrrole nitrogens is 1. The van der Waals surface area contributed by atoms with Crippen molar-refractivity contribution in [3.05, 3.63) is 77.3 Å². The molecule has 5 nitrogen and oxygen atoms in total. The number of aryl methyl sites for hydroxylation is 1. The Morgan fingerprint density at radius 3 is 2.59 bits per heavy atom. The molecular formula is C23H20ClN3O2. The van der Waals surface area contributed by atoms with Crippen LogP contribution >= 0.6 is 11.6 Å². The largest absolute Gasteiger partial charge is 0.481 e. The van der Waals surface area contributed by atoms with E-state index in [1.165, 1.54) is 0 Å². The summed E-state index contributed by atoms with van der Waals surface area (Å²) in [7, 11) is 0. The average Bonchev–Trinajstić information content (AvgIpc) is 3.15. The van der Waals surface area contributed by atoms with Crippen LogP contribution in [0.2, 0.25) is 5.02 Å². The minimum Gasteiger partial charge on any atom is -0.481 e. The van der Waals surface area contributed by atoms with E-state index < -0.39 is 6.10 Å². The van der Waals surface area contributed by atoms with Crippen LogP contribution in [-0.2, 0) is 4.79 Å². The van der Waals surface area contributed by atoms with Crippen LogP contribution in [0.15, 0.2) is 66.7 Å². The molecule has 1 atom stereocenters. The molecule has 0 fully saturated rings. The Morgan fingerprint density at radius 1 is 1.10 bits per heavy atom. The first kappa shape index (κ1) is 19.0. The Bertz CT molecular complexity index is 1140. The summed E-state index contributed by atoms with van der Waals surface area (Å²) in [6.07, 6.45) is -0.648. The number of nitrogens with zero attached hydrogens (tertiary/aromatic N) is 1. The molecule has 29 heavy (non-hydrogen) atoms. The van der Waals surface area contributed by atoms with Gasteiger partial charge in [0.05, 0.1) is 11.0 Å². The first-order valence-electron chi connectivity index (χ1n) is 9.28. The first-order valence-corrected chi connectivity index (χ1v) is 9.66. The number of carbonyl (C=O) groups excluding carboxylic acids is 1. The molecule has 1 unspecified atom stereocenters. The minimum absolute atomic E-state index is 0.226. The molecule has 0 radical (unpaired) electrons. The number of ether oxygens (including phenoxy) is 1. The summed E-state index contributed by atoms with van der Waals surface area (Å²) < 4.78 is 5.78. The fourth-order valence-corrected chi connectivity index (χ4v) is 3.26. The predicted molar refractivity (Wildman–Crippen MR) is 116 cm³/mol. The van der Waals surface area contributed by atoms with E-state index in [4.69, 9.17) is 16.3 Å². The zero-order valence-electron chi connectivity index (χ0n) is 16.1. The van der Waals surface area contributed by atoms with Gasteiger partial charge < -0.3 is 15.0 Å². The normalized spacial score (nSPS) is 12.0. The second-order valence-electron chi connectivity index (χ2n) is 6.84. The topological polar surface area (TPSA) is 67.0 Å². The maximum atomic E-state index is 12.5. The van der Waals surface area contributed by atoms with Gasteiger partial charge in [-0.05, 0) is 74.0 Å². The number of fused-ring (bicyclic) bond motifs is 1. The number of aromatic amines is 1. The van der Waals surface area contributed by atoms with Crippen molar-refractivity contribution in [3.63, 3.8) is 0 Å². The highest BCUT2D eigenvalue weighted by Gasteiger charge is 2.16. The van der Waals surface area contributed by atoms with Gasteiger partial charge in [0.25, 0.3) is 5.91 Å². The summed E-state index contributed by atoms with van der Waals surface area (Å²) in [4.78, 5) is 20.4.